The lowest BCUT2D eigenvalue weighted by molar-refractivity contribution is 0.198. The van der Waals surface area contributed by atoms with Crippen LogP contribution in [0, 0.1) is 0 Å². The summed E-state index contributed by atoms with van der Waals surface area (Å²) in [5.74, 6) is -0.0532. The highest BCUT2D eigenvalue weighted by Crippen LogP contribution is 2.25. The highest BCUT2D eigenvalue weighted by Gasteiger charge is 2.08. The lowest BCUT2D eigenvalue weighted by atomic mass is 10.5. The summed E-state index contributed by atoms with van der Waals surface area (Å²) in [4.78, 5) is 0. The Kier molecular flexibility index (Phi) is 0.768. The Hall–Kier alpha value is -1.58. The van der Waals surface area contributed by atoms with Gasteiger partial charge in [0.2, 0.25) is 0 Å². The predicted octanol–water partition coefficient (Wildman–Crippen LogP) is 1.18. The van der Waals surface area contributed by atoms with Crippen molar-refractivity contribution in [2.75, 3.05) is 0 Å². The molecular weight excluding hydrogens is 134 g/mol. The van der Waals surface area contributed by atoms with Crippen molar-refractivity contribution >= 4 is 11.1 Å². The maximum Gasteiger partial charge on any atom is 0.196 e. The maximum atomic E-state index is 9.01. The third-order valence-corrected chi connectivity index (χ3v) is 1.37. The third-order valence-electron chi connectivity index (χ3n) is 1.37. The first-order chi connectivity index (χ1) is 4.79. The van der Waals surface area contributed by atoms with Crippen LogP contribution in [-0.2, 0) is 0 Å². The second kappa shape index (κ2) is 1.47. The van der Waals surface area contributed by atoms with Crippen LogP contribution in [0.15, 0.2) is 22.9 Å². The van der Waals surface area contributed by atoms with E-state index in [0.29, 0.717) is 11.1 Å². The Morgan fingerprint density at radius 2 is 2.30 bits per heavy atom. The largest absolute Gasteiger partial charge is 0.503 e. The normalized spacial score (nSPS) is 10.8. The molecular formula is C6H5NO3. The zero-order chi connectivity index (χ0) is 7.14. The summed E-state index contributed by atoms with van der Waals surface area (Å²) in [6, 6.07) is 1.56. The number of fused-ring (bicyclic) bond motifs is 1. The van der Waals surface area contributed by atoms with Gasteiger partial charge in [0.05, 0.1) is 12.5 Å². The summed E-state index contributed by atoms with van der Waals surface area (Å²) in [7, 11) is 0. The standard InChI is InChI=1S/C6H5NO3/c8-5-3-7(9)4-1-2-10-6(4)5/h1-3,8-9H. The van der Waals surface area contributed by atoms with Crippen LogP contribution in [0.4, 0.5) is 0 Å². The SMILES string of the molecule is Oc1cn(O)c2ccoc12. The van der Waals surface area contributed by atoms with Gasteiger partial charge in [0.25, 0.3) is 0 Å². The van der Waals surface area contributed by atoms with E-state index in [1.807, 2.05) is 0 Å². The highest BCUT2D eigenvalue weighted by atomic mass is 16.5. The summed E-state index contributed by atoms with van der Waals surface area (Å²) in [5.41, 5.74) is 0.778. The lowest BCUT2D eigenvalue weighted by Crippen LogP contribution is -1.82. The highest BCUT2D eigenvalue weighted by molar-refractivity contribution is 5.80. The molecule has 0 saturated carbocycles. The molecule has 0 aliphatic heterocycles. The molecule has 2 aromatic heterocycles. The Morgan fingerprint density at radius 1 is 1.50 bits per heavy atom. The quantitative estimate of drug-likeness (QED) is 0.538. The molecule has 0 aromatic carbocycles. The minimum absolute atomic E-state index is 0.0532. The molecule has 0 fully saturated rings. The summed E-state index contributed by atoms with van der Waals surface area (Å²) >= 11 is 0. The topological polar surface area (TPSA) is 58.5 Å². The number of hydrogen-bond donors (Lipinski definition) is 2. The second-order valence-electron chi connectivity index (χ2n) is 1.99. The van der Waals surface area contributed by atoms with Gasteiger partial charge in [0.15, 0.2) is 11.3 Å². The van der Waals surface area contributed by atoms with Gasteiger partial charge in [0.1, 0.15) is 5.52 Å². The Balaban J connectivity index is 2.98. The Morgan fingerprint density at radius 3 is 3.00 bits per heavy atom. The van der Waals surface area contributed by atoms with E-state index < -0.39 is 0 Å². The molecule has 2 rings (SSSR count). The number of hydrogen-bond acceptors (Lipinski definition) is 3. The smallest absolute Gasteiger partial charge is 0.196 e. The third kappa shape index (κ3) is 0.452. The van der Waals surface area contributed by atoms with E-state index in [4.69, 9.17) is 14.7 Å². The summed E-state index contributed by atoms with van der Waals surface area (Å²) in [6.07, 6.45) is 2.57. The average molecular weight is 139 g/mol. The Labute approximate surface area is 55.9 Å². The molecule has 10 heavy (non-hydrogen) atoms. The van der Waals surface area contributed by atoms with Gasteiger partial charge in [-0.05, 0) is 0 Å². The first kappa shape index (κ1) is 5.22. The molecule has 0 radical (unpaired) electrons. The molecule has 0 aliphatic carbocycles. The van der Waals surface area contributed by atoms with Gasteiger partial charge in [-0.15, -0.1) is 0 Å². The van der Waals surface area contributed by atoms with Crippen LogP contribution < -0.4 is 0 Å². The monoisotopic (exact) mass is 139 g/mol. The van der Waals surface area contributed by atoms with Crippen LogP contribution in [0.2, 0.25) is 0 Å². The molecule has 0 aliphatic rings. The zero-order valence-electron chi connectivity index (χ0n) is 4.98. The molecule has 0 unspecified atom stereocenters. The zero-order valence-corrected chi connectivity index (χ0v) is 4.98. The van der Waals surface area contributed by atoms with Crippen molar-refractivity contribution in [2.45, 2.75) is 0 Å². The van der Waals surface area contributed by atoms with Crippen molar-refractivity contribution in [1.29, 1.82) is 0 Å². The molecule has 0 spiro atoms. The fourth-order valence-corrected chi connectivity index (χ4v) is 0.919. The minimum Gasteiger partial charge on any atom is -0.503 e. The summed E-state index contributed by atoms with van der Waals surface area (Å²) in [5, 5.41) is 18.0. The lowest BCUT2D eigenvalue weighted by Gasteiger charge is -1.83. The van der Waals surface area contributed by atoms with Gasteiger partial charge in [-0.2, -0.15) is 4.73 Å². The molecule has 2 aromatic rings. The van der Waals surface area contributed by atoms with Gasteiger partial charge in [-0.3, -0.25) is 0 Å². The van der Waals surface area contributed by atoms with Gasteiger partial charge >= 0.3 is 0 Å². The van der Waals surface area contributed by atoms with E-state index >= 15 is 0 Å². The van der Waals surface area contributed by atoms with Gasteiger partial charge < -0.3 is 14.7 Å². The molecule has 2 N–H and O–H groups in total. The van der Waals surface area contributed by atoms with E-state index in [-0.39, 0.29) is 5.75 Å². The fraction of sp³-hybridized carbons (Fsp3) is 0. The second-order valence-corrected chi connectivity index (χ2v) is 1.99. The molecule has 4 heteroatoms. The van der Waals surface area contributed by atoms with E-state index in [1.165, 1.54) is 12.5 Å². The maximum absolute atomic E-state index is 9.01. The number of nitrogens with zero attached hydrogens (tertiary/aromatic N) is 1. The van der Waals surface area contributed by atoms with Gasteiger partial charge in [0, 0.05) is 6.07 Å². The molecule has 52 valence electrons. The van der Waals surface area contributed by atoms with Gasteiger partial charge in [-0.25, -0.2) is 0 Å². The predicted molar refractivity (Wildman–Crippen MR) is 33.1 cm³/mol. The molecule has 2 heterocycles. The number of aromatic hydroxyl groups is 1. The van der Waals surface area contributed by atoms with Crippen LogP contribution in [0.5, 0.6) is 5.75 Å². The number of aromatic nitrogens is 1. The first-order valence-corrected chi connectivity index (χ1v) is 2.76. The molecule has 0 amide bonds. The minimum atomic E-state index is -0.0532. The van der Waals surface area contributed by atoms with Crippen molar-refractivity contribution in [2.24, 2.45) is 0 Å². The van der Waals surface area contributed by atoms with E-state index in [0.717, 1.165) is 4.73 Å². The summed E-state index contributed by atoms with van der Waals surface area (Å²) in [6.45, 7) is 0. The van der Waals surface area contributed by atoms with E-state index in [1.54, 1.807) is 6.07 Å². The van der Waals surface area contributed by atoms with Crippen LogP contribution in [-0.4, -0.2) is 15.0 Å². The van der Waals surface area contributed by atoms with E-state index in [2.05, 4.69) is 0 Å². The number of rotatable bonds is 0. The van der Waals surface area contributed by atoms with Crippen LogP contribution in [0.3, 0.4) is 0 Å². The number of furan rings is 1. The average Bonchev–Trinajstić information content (AvgIpc) is 2.39. The van der Waals surface area contributed by atoms with Crippen molar-refractivity contribution in [3.8, 4) is 5.75 Å². The van der Waals surface area contributed by atoms with Crippen molar-refractivity contribution in [1.82, 2.24) is 4.73 Å². The molecule has 0 atom stereocenters. The molecule has 0 bridgehead atoms. The van der Waals surface area contributed by atoms with Crippen LogP contribution >= 0.6 is 0 Å². The van der Waals surface area contributed by atoms with Crippen LogP contribution in [0.1, 0.15) is 0 Å². The van der Waals surface area contributed by atoms with E-state index in [9.17, 15) is 0 Å². The summed E-state index contributed by atoms with van der Waals surface area (Å²) < 4.78 is 5.65. The Bertz CT molecular complexity index is 328. The first-order valence-electron chi connectivity index (χ1n) is 2.76. The fourth-order valence-electron chi connectivity index (χ4n) is 0.919. The molecule has 4 nitrogen and oxygen atoms in total. The van der Waals surface area contributed by atoms with Crippen molar-refractivity contribution in [3.63, 3.8) is 0 Å². The van der Waals surface area contributed by atoms with Crippen molar-refractivity contribution in [3.05, 3.63) is 18.5 Å². The van der Waals surface area contributed by atoms with Crippen molar-refractivity contribution < 1.29 is 14.7 Å². The van der Waals surface area contributed by atoms with Gasteiger partial charge in [-0.1, -0.05) is 0 Å². The molecule has 0 saturated heterocycles. The van der Waals surface area contributed by atoms with Crippen LogP contribution in [0.25, 0.3) is 11.1 Å².